The molecule has 1 amide bonds. The van der Waals surface area contributed by atoms with Crippen LogP contribution >= 0.6 is 0 Å². The Labute approximate surface area is 75.3 Å². The topological polar surface area (TPSA) is 20.3 Å². The van der Waals surface area contributed by atoms with Crippen LogP contribution in [0.15, 0.2) is 12.7 Å². The number of amides is 1. The number of rotatable bonds is 3. The molecular weight excluding hydrogens is 150 g/mol. The van der Waals surface area contributed by atoms with Crippen molar-refractivity contribution in [1.82, 2.24) is 4.90 Å². The normalized spacial score (nSPS) is 11.0. The molecule has 0 aromatic heterocycles. The Balaban J connectivity index is 4.43. The molecular formula is C10H19NO. The van der Waals surface area contributed by atoms with Crippen molar-refractivity contribution in [3.05, 3.63) is 12.7 Å². The van der Waals surface area contributed by atoms with Crippen LogP contribution in [0.5, 0.6) is 0 Å². The third-order valence-corrected chi connectivity index (χ3v) is 1.70. The highest BCUT2D eigenvalue weighted by Gasteiger charge is 2.23. The van der Waals surface area contributed by atoms with Gasteiger partial charge in [-0.05, 0) is 33.3 Å². The summed E-state index contributed by atoms with van der Waals surface area (Å²) in [5.41, 5.74) is -0.0959. The second-order valence-electron chi connectivity index (χ2n) is 3.86. The molecule has 0 atom stereocenters. The lowest BCUT2D eigenvalue weighted by Crippen LogP contribution is -2.45. The SMILES string of the molecule is C=CC(=O)N(CCC)C(C)(C)C. The molecule has 0 N–H and O–H groups in total. The van der Waals surface area contributed by atoms with E-state index in [1.807, 2.05) is 25.7 Å². The fraction of sp³-hybridized carbons (Fsp3) is 0.700. The van der Waals surface area contributed by atoms with Gasteiger partial charge in [0.15, 0.2) is 0 Å². The third-order valence-electron chi connectivity index (χ3n) is 1.70. The van der Waals surface area contributed by atoms with Gasteiger partial charge in [-0.3, -0.25) is 4.79 Å². The standard InChI is InChI=1S/C10H19NO/c1-6-8-11(9(12)7-2)10(3,4)5/h7H,2,6,8H2,1,3-5H3. The van der Waals surface area contributed by atoms with Gasteiger partial charge in [0.25, 0.3) is 0 Å². The van der Waals surface area contributed by atoms with Gasteiger partial charge >= 0.3 is 0 Å². The van der Waals surface area contributed by atoms with Crippen LogP contribution in [0.1, 0.15) is 34.1 Å². The van der Waals surface area contributed by atoms with Crippen LogP contribution in [0, 0.1) is 0 Å². The van der Waals surface area contributed by atoms with Crippen molar-refractivity contribution in [2.24, 2.45) is 0 Å². The van der Waals surface area contributed by atoms with E-state index < -0.39 is 0 Å². The smallest absolute Gasteiger partial charge is 0.246 e. The predicted molar refractivity (Wildman–Crippen MR) is 52.0 cm³/mol. The van der Waals surface area contributed by atoms with E-state index in [2.05, 4.69) is 13.5 Å². The molecule has 0 heterocycles. The Bertz CT molecular complexity index is 167. The first kappa shape index (κ1) is 11.2. The van der Waals surface area contributed by atoms with Gasteiger partial charge < -0.3 is 4.90 Å². The maximum Gasteiger partial charge on any atom is 0.246 e. The molecule has 70 valence electrons. The third kappa shape index (κ3) is 3.07. The predicted octanol–water partition coefficient (Wildman–Crippen LogP) is 2.21. The van der Waals surface area contributed by atoms with E-state index in [0.717, 1.165) is 13.0 Å². The average molecular weight is 169 g/mol. The first-order valence-corrected chi connectivity index (χ1v) is 4.37. The molecule has 2 nitrogen and oxygen atoms in total. The zero-order chi connectivity index (χ0) is 9.78. The fourth-order valence-electron chi connectivity index (χ4n) is 1.11. The minimum absolute atomic E-state index is 0.0179. The van der Waals surface area contributed by atoms with Crippen molar-refractivity contribution in [1.29, 1.82) is 0 Å². The van der Waals surface area contributed by atoms with Gasteiger partial charge in [0, 0.05) is 12.1 Å². The molecule has 0 aliphatic carbocycles. The van der Waals surface area contributed by atoms with Crippen LogP contribution in [-0.4, -0.2) is 22.9 Å². The quantitative estimate of drug-likeness (QED) is 0.593. The van der Waals surface area contributed by atoms with Gasteiger partial charge in [-0.25, -0.2) is 0 Å². The summed E-state index contributed by atoms with van der Waals surface area (Å²) in [6.07, 6.45) is 2.36. The molecule has 0 unspecified atom stereocenters. The summed E-state index contributed by atoms with van der Waals surface area (Å²) in [6, 6.07) is 0. The van der Waals surface area contributed by atoms with Crippen molar-refractivity contribution >= 4 is 5.91 Å². The van der Waals surface area contributed by atoms with Gasteiger partial charge in [0.2, 0.25) is 5.91 Å². The van der Waals surface area contributed by atoms with E-state index in [1.165, 1.54) is 6.08 Å². The second kappa shape index (κ2) is 4.29. The van der Waals surface area contributed by atoms with Gasteiger partial charge in [-0.2, -0.15) is 0 Å². The molecule has 0 fully saturated rings. The maximum atomic E-state index is 11.4. The number of hydrogen-bond donors (Lipinski definition) is 0. The van der Waals surface area contributed by atoms with Crippen LogP contribution in [0.25, 0.3) is 0 Å². The zero-order valence-electron chi connectivity index (χ0n) is 8.55. The largest absolute Gasteiger partial charge is 0.334 e. The minimum atomic E-state index is -0.0959. The Morgan fingerprint density at radius 1 is 1.50 bits per heavy atom. The van der Waals surface area contributed by atoms with Crippen molar-refractivity contribution in [2.75, 3.05) is 6.54 Å². The zero-order valence-corrected chi connectivity index (χ0v) is 8.55. The van der Waals surface area contributed by atoms with Crippen LogP contribution in [0.4, 0.5) is 0 Å². The highest BCUT2D eigenvalue weighted by molar-refractivity contribution is 5.87. The monoisotopic (exact) mass is 169 g/mol. The molecule has 0 rings (SSSR count). The van der Waals surface area contributed by atoms with Crippen molar-refractivity contribution < 1.29 is 4.79 Å². The van der Waals surface area contributed by atoms with Crippen LogP contribution in [0.2, 0.25) is 0 Å². The molecule has 0 aromatic carbocycles. The van der Waals surface area contributed by atoms with Gasteiger partial charge in [-0.1, -0.05) is 13.5 Å². The Morgan fingerprint density at radius 2 is 2.00 bits per heavy atom. The molecule has 0 saturated heterocycles. The molecule has 12 heavy (non-hydrogen) atoms. The van der Waals surface area contributed by atoms with E-state index in [-0.39, 0.29) is 11.4 Å². The van der Waals surface area contributed by atoms with Gasteiger partial charge in [0.1, 0.15) is 0 Å². The Morgan fingerprint density at radius 3 is 2.25 bits per heavy atom. The summed E-state index contributed by atoms with van der Waals surface area (Å²) >= 11 is 0. The number of hydrogen-bond acceptors (Lipinski definition) is 1. The minimum Gasteiger partial charge on any atom is -0.334 e. The first-order valence-electron chi connectivity index (χ1n) is 4.37. The summed E-state index contributed by atoms with van der Waals surface area (Å²) in [5, 5.41) is 0. The van der Waals surface area contributed by atoms with Crippen LogP contribution < -0.4 is 0 Å². The molecule has 0 radical (unpaired) electrons. The molecule has 0 aliphatic rings. The average Bonchev–Trinajstić information content (AvgIpc) is 1.96. The van der Waals surface area contributed by atoms with Crippen molar-refractivity contribution in [3.63, 3.8) is 0 Å². The molecule has 0 bridgehead atoms. The van der Waals surface area contributed by atoms with E-state index in [9.17, 15) is 4.79 Å². The van der Waals surface area contributed by atoms with E-state index in [4.69, 9.17) is 0 Å². The van der Waals surface area contributed by atoms with Crippen molar-refractivity contribution in [3.8, 4) is 0 Å². The number of carbonyl (C=O) groups is 1. The van der Waals surface area contributed by atoms with Crippen LogP contribution in [0.3, 0.4) is 0 Å². The Kier molecular flexibility index (Phi) is 4.01. The lowest BCUT2D eigenvalue weighted by Gasteiger charge is -2.34. The fourth-order valence-corrected chi connectivity index (χ4v) is 1.11. The number of carbonyl (C=O) groups excluding carboxylic acids is 1. The summed E-state index contributed by atoms with van der Waals surface area (Å²) in [6.45, 7) is 12.4. The molecule has 2 heteroatoms. The van der Waals surface area contributed by atoms with Gasteiger partial charge in [-0.15, -0.1) is 0 Å². The van der Waals surface area contributed by atoms with Gasteiger partial charge in [0.05, 0.1) is 0 Å². The van der Waals surface area contributed by atoms with Crippen LogP contribution in [-0.2, 0) is 4.79 Å². The molecule has 0 saturated carbocycles. The summed E-state index contributed by atoms with van der Waals surface area (Å²) in [4.78, 5) is 13.2. The maximum absolute atomic E-state index is 11.4. The number of nitrogens with zero attached hydrogens (tertiary/aromatic N) is 1. The van der Waals surface area contributed by atoms with Crippen molar-refractivity contribution in [2.45, 2.75) is 39.7 Å². The highest BCUT2D eigenvalue weighted by atomic mass is 16.2. The van der Waals surface area contributed by atoms with E-state index in [0.29, 0.717) is 0 Å². The summed E-state index contributed by atoms with van der Waals surface area (Å²) < 4.78 is 0. The van der Waals surface area contributed by atoms with E-state index in [1.54, 1.807) is 0 Å². The molecule has 0 aromatic rings. The first-order chi connectivity index (χ1) is 5.43. The molecule has 0 aliphatic heterocycles. The van der Waals surface area contributed by atoms with E-state index >= 15 is 0 Å². The lowest BCUT2D eigenvalue weighted by molar-refractivity contribution is -0.130. The second-order valence-corrected chi connectivity index (χ2v) is 3.86. The lowest BCUT2D eigenvalue weighted by atomic mass is 10.1. The molecule has 0 spiro atoms. The summed E-state index contributed by atoms with van der Waals surface area (Å²) in [5.74, 6) is 0.0179. The highest BCUT2D eigenvalue weighted by Crippen LogP contribution is 2.13. The summed E-state index contributed by atoms with van der Waals surface area (Å²) in [7, 11) is 0. The Hall–Kier alpha value is -0.790.